The Balaban J connectivity index is 2.11. The number of nitrogens with one attached hydrogen (secondary N) is 2. The highest BCUT2D eigenvalue weighted by Gasteiger charge is 2.24. The van der Waals surface area contributed by atoms with Gasteiger partial charge in [0.2, 0.25) is 5.91 Å². The Morgan fingerprint density at radius 2 is 2.22 bits per heavy atom. The van der Waals surface area contributed by atoms with Crippen LogP contribution in [0.3, 0.4) is 0 Å². The first-order valence-corrected chi connectivity index (χ1v) is 6.80. The van der Waals surface area contributed by atoms with Crippen LogP contribution in [0.1, 0.15) is 39.5 Å². The normalized spacial score (nSPS) is 23.4. The SMILES string of the molecule is CCOC(=O)CCCNC(=O)[C@H]1CCN[C@@H](C)C1. The van der Waals surface area contributed by atoms with E-state index < -0.39 is 0 Å². The summed E-state index contributed by atoms with van der Waals surface area (Å²) in [6, 6.07) is 0.411. The van der Waals surface area contributed by atoms with Crippen molar-refractivity contribution in [1.82, 2.24) is 10.6 Å². The summed E-state index contributed by atoms with van der Waals surface area (Å²) in [5.74, 6) is 0.0401. The average molecular weight is 256 g/mol. The third-order valence-electron chi connectivity index (χ3n) is 3.16. The summed E-state index contributed by atoms with van der Waals surface area (Å²) in [7, 11) is 0. The second-order valence-electron chi connectivity index (χ2n) is 4.78. The van der Waals surface area contributed by atoms with Crippen molar-refractivity contribution in [2.45, 2.75) is 45.6 Å². The van der Waals surface area contributed by atoms with Crippen LogP contribution in [0, 0.1) is 5.92 Å². The van der Waals surface area contributed by atoms with Gasteiger partial charge in [-0.2, -0.15) is 0 Å². The zero-order valence-corrected chi connectivity index (χ0v) is 11.3. The molecule has 5 nitrogen and oxygen atoms in total. The lowest BCUT2D eigenvalue weighted by Gasteiger charge is -2.27. The number of ether oxygens (including phenoxy) is 1. The first-order valence-electron chi connectivity index (χ1n) is 6.80. The van der Waals surface area contributed by atoms with Crippen LogP contribution in [0.2, 0.25) is 0 Å². The average Bonchev–Trinajstić information content (AvgIpc) is 2.35. The predicted octanol–water partition coefficient (Wildman–Crippen LogP) is 0.834. The van der Waals surface area contributed by atoms with Crippen molar-refractivity contribution in [3.8, 4) is 0 Å². The molecule has 2 N–H and O–H groups in total. The molecular formula is C13H24N2O3. The summed E-state index contributed by atoms with van der Waals surface area (Å²) in [5.41, 5.74) is 0. The van der Waals surface area contributed by atoms with Gasteiger partial charge in [0.05, 0.1) is 6.61 Å². The molecule has 5 heteroatoms. The Hall–Kier alpha value is -1.10. The first kappa shape index (κ1) is 15.0. The van der Waals surface area contributed by atoms with Crippen molar-refractivity contribution < 1.29 is 14.3 Å². The van der Waals surface area contributed by atoms with Crippen molar-refractivity contribution in [3.63, 3.8) is 0 Å². The molecule has 0 saturated carbocycles. The number of esters is 1. The van der Waals surface area contributed by atoms with E-state index in [2.05, 4.69) is 17.6 Å². The fourth-order valence-electron chi connectivity index (χ4n) is 2.19. The molecule has 0 aromatic heterocycles. The molecule has 1 saturated heterocycles. The summed E-state index contributed by atoms with van der Waals surface area (Å²) < 4.78 is 4.82. The van der Waals surface area contributed by atoms with Crippen molar-refractivity contribution in [2.24, 2.45) is 5.92 Å². The largest absolute Gasteiger partial charge is 0.466 e. The number of hydrogen-bond donors (Lipinski definition) is 2. The van der Waals surface area contributed by atoms with E-state index in [1.54, 1.807) is 6.92 Å². The van der Waals surface area contributed by atoms with Crippen LogP contribution in [0.5, 0.6) is 0 Å². The Morgan fingerprint density at radius 1 is 1.44 bits per heavy atom. The van der Waals surface area contributed by atoms with Gasteiger partial charge in [-0.05, 0) is 39.7 Å². The van der Waals surface area contributed by atoms with Crippen LogP contribution >= 0.6 is 0 Å². The predicted molar refractivity (Wildman–Crippen MR) is 69.1 cm³/mol. The molecule has 18 heavy (non-hydrogen) atoms. The number of rotatable bonds is 6. The van der Waals surface area contributed by atoms with E-state index in [9.17, 15) is 9.59 Å². The van der Waals surface area contributed by atoms with E-state index in [1.165, 1.54) is 0 Å². The van der Waals surface area contributed by atoms with Crippen LogP contribution in [0.15, 0.2) is 0 Å². The van der Waals surface area contributed by atoms with E-state index in [4.69, 9.17) is 4.74 Å². The zero-order chi connectivity index (χ0) is 13.4. The molecule has 104 valence electrons. The molecule has 1 fully saturated rings. The van der Waals surface area contributed by atoms with Gasteiger partial charge in [-0.15, -0.1) is 0 Å². The lowest BCUT2D eigenvalue weighted by atomic mass is 9.92. The molecule has 1 aliphatic heterocycles. The second kappa shape index (κ2) is 8.08. The maximum absolute atomic E-state index is 11.9. The van der Waals surface area contributed by atoms with Crippen molar-refractivity contribution >= 4 is 11.9 Å². The van der Waals surface area contributed by atoms with Gasteiger partial charge in [0.15, 0.2) is 0 Å². The molecule has 1 amide bonds. The fourth-order valence-corrected chi connectivity index (χ4v) is 2.19. The number of piperidine rings is 1. The lowest BCUT2D eigenvalue weighted by molar-refractivity contribution is -0.143. The van der Waals surface area contributed by atoms with Crippen LogP contribution in [0.25, 0.3) is 0 Å². The lowest BCUT2D eigenvalue weighted by Crippen LogP contribution is -2.42. The monoisotopic (exact) mass is 256 g/mol. The van der Waals surface area contributed by atoms with E-state index >= 15 is 0 Å². The van der Waals surface area contributed by atoms with Crippen LogP contribution < -0.4 is 10.6 Å². The molecular weight excluding hydrogens is 232 g/mol. The quantitative estimate of drug-likeness (QED) is 0.546. The Bertz CT molecular complexity index is 281. The minimum Gasteiger partial charge on any atom is -0.466 e. The third-order valence-corrected chi connectivity index (χ3v) is 3.16. The van der Waals surface area contributed by atoms with Crippen molar-refractivity contribution in [3.05, 3.63) is 0 Å². The van der Waals surface area contributed by atoms with Crippen molar-refractivity contribution in [1.29, 1.82) is 0 Å². The minimum atomic E-state index is -0.192. The number of hydrogen-bond acceptors (Lipinski definition) is 4. The van der Waals surface area contributed by atoms with Gasteiger partial charge in [0.25, 0.3) is 0 Å². The van der Waals surface area contributed by atoms with Gasteiger partial charge in [-0.1, -0.05) is 0 Å². The maximum atomic E-state index is 11.9. The number of carbonyl (C=O) groups is 2. The van der Waals surface area contributed by atoms with Crippen LogP contribution in [-0.2, 0) is 14.3 Å². The third kappa shape index (κ3) is 5.49. The molecule has 0 unspecified atom stereocenters. The molecule has 0 aromatic carbocycles. The Labute approximate surface area is 109 Å². The van der Waals surface area contributed by atoms with Crippen molar-refractivity contribution in [2.75, 3.05) is 19.7 Å². The van der Waals surface area contributed by atoms with E-state index in [0.29, 0.717) is 32.0 Å². The first-order chi connectivity index (χ1) is 8.63. The summed E-state index contributed by atoms with van der Waals surface area (Å²) in [5, 5.41) is 6.22. The highest BCUT2D eigenvalue weighted by atomic mass is 16.5. The van der Waals surface area contributed by atoms with Gasteiger partial charge in [-0.25, -0.2) is 0 Å². The van der Waals surface area contributed by atoms with E-state index in [1.807, 2.05) is 0 Å². The number of amides is 1. The molecule has 1 rings (SSSR count). The van der Waals surface area contributed by atoms with Gasteiger partial charge >= 0.3 is 5.97 Å². The second-order valence-corrected chi connectivity index (χ2v) is 4.78. The van der Waals surface area contributed by atoms with Gasteiger partial charge in [-0.3, -0.25) is 9.59 Å². The molecule has 0 bridgehead atoms. The highest BCUT2D eigenvalue weighted by Crippen LogP contribution is 2.15. The van der Waals surface area contributed by atoms with Crippen LogP contribution in [-0.4, -0.2) is 37.6 Å². The van der Waals surface area contributed by atoms with Crippen LogP contribution in [0.4, 0.5) is 0 Å². The summed E-state index contributed by atoms with van der Waals surface area (Å²) in [6.45, 7) is 5.76. The molecule has 0 radical (unpaired) electrons. The summed E-state index contributed by atoms with van der Waals surface area (Å²) >= 11 is 0. The molecule has 2 atom stereocenters. The standard InChI is InChI=1S/C13H24N2O3/c1-3-18-12(16)5-4-7-15-13(17)11-6-8-14-10(2)9-11/h10-11,14H,3-9H2,1-2H3,(H,15,17)/t10-,11-/m0/s1. The molecule has 0 aliphatic carbocycles. The minimum absolute atomic E-state index is 0.115. The smallest absolute Gasteiger partial charge is 0.305 e. The Kier molecular flexibility index (Phi) is 6.72. The maximum Gasteiger partial charge on any atom is 0.305 e. The van der Waals surface area contributed by atoms with Gasteiger partial charge < -0.3 is 15.4 Å². The highest BCUT2D eigenvalue weighted by molar-refractivity contribution is 5.78. The van der Waals surface area contributed by atoms with Gasteiger partial charge in [0.1, 0.15) is 0 Å². The van der Waals surface area contributed by atoms with E-state index in [-0.39, 0.29) is 17.8 Å². The topological polar surface area (TPSA) is 67.4 Å². The number of carbonyl (C=O) groups excluding carboxylic acids is 2. The molecule has 0 aromatic rings. The van der Waals surface area contributed by atoms with E-state index in [0.717, 1.165) is 19.4 Å². The zero-order valence-electron chi connectivity index (χ0n) is 11.3. The molecule has 0 spiro atoms. The van der Waals surface area contributed by atoms with Gasteiger partial charge in [0, 0.05) is 24.9 Å². The summed E-state index contributed by atoms with van der Waals surface area (Å²) in [4.78, 5) is 22.9. The Morgan fingerprint density at radius 3 is 2.89 bits per heavy atom. The summed E-state index contributed by atoms with van der Waals surface area (Å²) in [6.07, 6.45) is 2.81. The molecule has 1 aliphatic rings. The molecule has 1 heterocycles. The fraction of sp³-hybridized carbons (Fsp3) is 0.846.